The molecule has 0 spiro atoms. The molecular formula is C16H22N2O3S. The topological polar surface area (TPSA) is 57.7 Å². The summed E-state index contributed by atoms with van der Waals surface area (Å²) in [6.07, 6.45) is 0.517. The van der Waals surface area contributed by atoms with Crippen molar-refractivity contribution in [2.24, 2.45) is 5.92 Å². The van der Waals surface area contributed by atoms with Crippen molar-refractivity contribution in [3.05, 3.63) is 29.8 Å². The molecule has 0 aliphatic carbocycles. The number of fused-ring (bicyclic) bond motifs is 1. The van der Waals surface area contributed by atoms with Gasteiger partial charge in [-0.3, -0.25) is 4.79 Å². The van der Waals surface area contributed by atoms with E-state index in [1.54, 1.807) is 24.3 Å². The molecule has 1 unspecified atom stereocenters. The third-order valence-corrected chi connectivity index (χ3v) is 6.97. The smallest absolute Gasteiger partial charge is 0.243 e. The van der Waals surface area contributed by atoms with Crippen LogP contribution >= 0.6 is 0 Å². The Kier molecular flexibility index (Phi) is 3.87. The lowest BCUT2D eigenvalue weighted by Gasteiger charge is -2.35. The van der Waals surface area contributed by atoms with E-state index in [9.17, 15) is 13.2 Å². The van der Waals surface area contributed by atoms with Crippen molar-refractivity contribution in [2.75, 3.05) is 20.1 Å². The maximum atomic E-state index is 12.9. The van der Waals surface area contributed by atoms with Crippen LogP contribution in [-0.2, 0) is 14.8 Å². The van der Waals surface area contributed by atoms with E-state index < -0.39 is 10.0 Å². The van der Waals surface area contributed by atoms with Crippen LogP contribution in [0.5, 0.6) is 0 Å². The quantitative estimate of drug-likeness (QED) is 0.823. The number of rotatable bonds is 2. The number of carbonyl (C=O) groups excluding carboxylic acids is 1. The van der Waals surface area contributed by atoms with E-state index >= 15 is 0 Å². The lowest BCUT2D eigenvalue weighted by atomic mass is 9.88. The normalized spacial score (nSPS) is 30.5. The summed E-state index contributed by atoms with van der Waals surface area (Å²) in [5, 5.41) is 0. The summed E-state index contributed by atoms with van der Waals surface area (Å²) < 4.78 is 27.3. The number of hydrogen-bond donors (Lipinski definition) is 0. The Morgan fingerprint density at radius 1 is 1.18 bits per heavy atom. The number of piperidine rings is 1. The molecule has 0 radical (unpaired) electrons. The van der Waals surface area contributed by atoms with Crippen LogP contribution in [0.1, 0.15) is 18.9 Å². The molecule has 0 bridgehead atoms. The summed E-state index contributed by atoms with van der Waals surface area (Å²) in [6, 6.07) is 6.69. The molecule has 1 aromatic carbocycles. The fourth-order valence-corrected chi connectivity index (χ4v) is 5.40. The van der Waals surface area contributed by atoms with Crippen LogP contribution in [0.25, 0.3) is 0 Å². The molecule has 22 heavy (non-hydrogen) atoms. The number of hydrogen-bond acceptors (Lipinski definition) is 4. The van der Waals surface area contributed by atoms with E-state index in [-0.39, 0.29) is 23.8 Å². The van der Waals surface area contributed by atoms with Gasteiger partial charge in [-0.15, -0.1) is 0 Å². The number of ketones is 1. The van der Waals surface area contributed by atoms with Crippen molar-refractivity contribution >= 4 is 15.8 Å². The molecule has 2 fully saturated rings. The minimum absolute atomic E-state index is 0.0125. The highest BCUT2D eigenvalue weighted by Crippen LogP contribution is 2.35. The number of benzene rings is 1. The first kappa shape index (κ1) is 15.6. The lowest BCUT2D eigenvalue weighted by Crippen LogP contribution is -2.50. The van der Waals surface area contributed by atoms with Gasteiger partial charge in [-0.2, -0.15) is 4.31 Å². The molecule has 0 amide bonds. The standard InChI is InChI=1S/C16H22N2O3S/c1-11-4-6-13(7-5-11)22(20,21)18-10-14-15(19)8-9-17(3)16(14)12(18)2/h4-7,12,14,16H,8-10H2,1-3H3/t12?,14-,16-/m1/s1. The highest BCUT2D eigenvalue weighted by molar-refractivity contribution is 7.89. The first-order valence-corrected chi connectivity index (χ1v) is 9.08. The second-order valence-corrected chi connectivity index (χ2v) is 8.31. The summed E-state index contributed by atoms with van der Waals surface area (Å²) in [5.74, 6) is -0.00877. The SMILES string of the molecule is Cc1ccc(S(=O)(=O)N2C[C@@H]3C(=O)CCN(C)[C@@H]3C2C)cc1. The fourth-order valence-electron chi connectivity index (χ4n) is 3.73. The monoisotopic (exact) mass is 322 g/mol. The Morgan fingerprint density at radius 3 is 2.41 bits per heavy atom. The van der Waals surface area contributed by atoms with E-state index in [2.05, 4.69) is 4.90 Å². The number of likely N-dealkylation sites (tertiary alicyclic amines) is 1. The van der Waals surface area contributed by atoms with Gasteiger partial charge in [0.05, 0.1) is 4.90 Å². The molecule has 0 saturated carbocycles. The largest absolute Gasteiger partial charge is 0.301 e. The highest BCUT2D eigenvalue weighted by Gasteiger charge is 2.50. The molecular weight excluding hydrogens is 300 g/mol. The number of likely N-dealkylation sites (N-methyl/N-ethyl adjacent to an activating group) is 1. The van der Waals surface area contributed by atoms with E-state index in [0.29, 0.717) is 24.4 Å². The predicted octanol–water partition coefficient (Wildman–Crippen LogP) is 1.28. The summed E-state index contributed by atoms with van der Waals surface area (Å²) in [7, 11) is -1.58. The van der Waals surface area contributed by atoms with Crippen LogP contribution in [-0.4, -0.2) is 55.6 Å². The number of Topliss-reactive ketones (excluding diaryl/α,β-unsaturated/α-hetero) is 1. The third-order valence-electron chi connectivity index (χ3n) is 5.00. The maximum Gasteiger partial charge on any atom is 0.243 e. The van der Waals surface area contributed by atoms with Crippen molar-refractivity contribution < 1.29 is 13.2 Å². The molecule has 120 valence electrons. The van der Waals surface area contributed by atoms with Crippen molar-refractivity contribution in [3.63, 3.8) is 0 Å². The average Bonchev–Trinajstić information content (AvgIpc) is 2.83. The summed E-state index contributed by atoms with van der Waals surface area (Å²) >= 11 is 0. The van der Waals surface area contributed by atoms with Gasteiger partial charge >= 0.3 is 0 Å². The Bertz CT molecular complexity index is 684. The minimum Gasteiger partial charge on any atom is -0.301 e. The van der Waals surface area contributed by atoms with Gasteiger partial charge in [-0.05, 0) is 33.0 Å². The molecule has 2 saturated heterocycles. The van der Waals surface area contributed by atoms with Gasteiger partial charge in [0, 0.05) is 37.5 Å². The van der Waals surface area contributed by atoms with Gasteiger partial charge in [-0.1, -0.05) is 17.7 Å². The van der Waals surface area contributed by atoms with Crippen molar-refractivity contribution in [3.8, 4) is 0 Å². The maximum absolute atomic E-state index is 12.9. The summed E-state index contributed by atoms with van der Waals surface area (Å²) in [6.45, 7) is 4.84. The lowest BCUT2D eigenvalue weighted by molar-refractivity contribution is -0.127. The van der Waals surface area contributed by atoms with Gasteiger partial charge in [0.15, 0.2) is 0 Å². The van der Waals surface area contributed by atoms with Crippen molar-refractivity contribution in [1.29, 1.82) is 0 Å². The third kappa shape index (κ3) is 2.39. The first-order valence-electron chi connectivity index (χ1n) is 7.64. The van der Waals surface area contributed by atoms with E-state index in [1.807, 2.05) is 20.9 Å². The van der Waals surface area contributed by atoms with E-state index in [4.69, 9.17) is 0 Å². The van der Waals surface area contributed by atoms with Crippen molar-refractivity contribution in [2.45, 2.75) is 37.2 Å². The number of carbonyl (C=O) groups is 1. The molecule has 2 heterocycles. The molecule has 5 nitrogen and oxygen atoms in total. The zero-order valence-corrected chi connectivity index (χ0v) is 14.0. The van der Waals surface area contributed by atoms with Crippen LogP contribution in [0.4, 0.5) is 0 Å². The molecule has 0 aromatic heterocycles. The van der Waals surface area contributed by atoms with Gasteiger partial charge in [0.2, 0.25) is 10.0 Å². The summed E-state index contributed by atoms with van der Waals surface area (Å²) in [4.78, 5) is 14.6. The summed E-state index contributed by atoms with van der Waals surface area (Å²) in [5.41, 5.74) is 1.03. The molecule has 6 heteroatoms. The predicted molar refractivity (Wildman–Crippen MR) is 84.1 cm³/mol. The highest BCUT2D eigenvalue weighted by atomic mass is 32.2. The minimum atomic E-state index is -3.56. The van der Waals surface area contributed by atoms with E-state index in [0.717, 1.165) is 5.56 Å². The fraction of sp³-hybridized carbons (Fsp3) is 0.562. The van der Waals surface area contributed by atoms with Crippen LogP contribution in [0.3, 0.4) is 0 Å². The average molecular weight is 322 g/mol. The Morgan fingerprint density at radius 2 is 1.82 bits per heavy atom. The van der Waals surface area contributed by atoms with Crippen LogP contribution < -0.4 is 0 Å². The Balaban J connectivity index is 1.95. The molecule has 3 atom stereocenters. The van der Waals surface area contributed by atoms with E-state index in [1.165, 1.54) is 4.31 Å². The molecule has 2 aliphatic rings. The molecule has 2 aliphatic heterocycles. The molecule has 1 aromatic rings. The second-order valence-electron chi connectivity index (χ2n) is 6.42. The second kappa shape index (κ2) is 5.44. The van der Waals surface area contributed by atoms with Crippen LogP contribution in [0.15, 0.2) is 29.2 Å². The van der Waals surface area contributed by atoms with Gasteiger partial charge in [-0.25, -0.2) is 8.42 Å². The van der Waals surface area contributed by atoms with Gasteiger partial charge in [0.25, 0.3) is 0 Å². The molecule has 0 N–H and O–H groups in total. The first-order chi connectivity index (χ1) is 10.3. The van der Waals surface area contributed by atoms with Crippen LogP contribution in [0, 0.1) is 12.8 Å². The van der Waals surface area contributed by atoms with Gasteiger partial charge in [0.1, 0.15) is 5.78 Å². The van der Waals surface area contributed by atoms with Crippen molar-refractivity contribution in [1.82, 2.24) is 9.21 Å². The number of aryl methyl sites for hydroxylation is 1. The zero-order valence-electron chi connectivity index (χ0n) is 13.2. The molecule has 3 rings (SSSR count). The van der Waals surface area contributed by atoms with Gasteiger partial charge < -0.3 is 4.90 Å². The Labute approximate surface area is 132 Å². The number of sulfonamides is 1. The number of nitrogens with zero attached hydrogens (tertiary/aromatic N) is 2. The van der Waals surface area contributed by atoms with Crippen LogP contribution in [0.2, 0.25) is 0 Å². The zero-order chi connectivity index (χ0) is 16.1. The Hall–Kier alpha value is -1.24.